The van der Waals surface area contributed by atoms with Gasteiger partial charge < -0.3 is 14.7 Å². The van der Waals surface area contributed by atoms with Crippen molar-refractivity contribution >= 4 is 11.8 Å². The zero-order valence-corrected chi connectivity index (χ0v) is 10.8. The topological polar surface area (TPSA) is 73.6 Å². The summed E-state index contributed by atoms with van der Waals surface area (Å²) in [6.45, 7) is 1.54. The van der Waals surface area contributed by atoms with Crippen molar-refractivity contribution in [3.63, 3.8) is 0 Å². The van der Waals surface area contributed by atoms with Crippen LogP contribution in [-0.2, 0) is 4.79 Å². The van der Waals surface area contributed by atoms with Gasteiger partial charge in [-0.15, -0.1) is 0 Å². The molecule has 1 aromatic carbocycles. The Morgan fingerprint density at radius 3 is 2.42 bits per heavy atom. The number of rotatable bonds is 4. The molecule has 0 spiro atoms. The summed E-state index contributed by atoms with van der Waals surface area (Å²) in [6, 6.07) is 7.01. The lowest BCUT2D eigenvalue weighted by atomic mass is 10.1. The van der Waals surface area contributed by atoms with Crippen LogP contribution >= 0.6 is 0 Å². The molecule has 0 saturated carbocycles. The quantitative estimate of drug-likeness (QED) is 0.642. The fraction of sp³-hybridized carbons (Fsp3) is 0.429. The zero-order valence-electron chi connectivity index (χ0n) is 10.8. The predicted molar refractivity (Wildman–Crippen MR) is 71.8 cm³/mol. The van der Waals surface area contributed by atoms with Gasteiger partial charge in [-0.25, -0.2) is 4.79 Å². The second kappa shape index (κ2) is 6.22. The third-order valence-electron chi connectivity index (χ3n) is 3.16. The van der Waals surface area contributed by atoms with Crippen LogP contribution in [-0.4, -0.2) is 41.5 Å². The van der Waals surface area contributed by atoms with Crippen LogP contribution in [0.3, 0.4) is 0 Å². The Hall–Kier alpha value is -2.04. The number of likely N-dealkylation sites (tertiary alicyclic amines) is 1. The van der Waals surface area contributed by atoms with E-state index in [1.54, 1.807) is 24.3 Å². The Labute approximate surface area is 112 Å². The summed E-state index contributed by atoms with van der Waals surface area (Å²) >= 11 is 0. The predicted octanol–water partition coefficient (Wildman–Crippen LogP) is 1.96. The maximum absolute atomic E-state index is 10.4. The molecule has 0 unspecified atom stereocenters. The molecule has 1 fully saturated rings. The molecule has 0 radical (unpaired) electrons. The van der Waals surface area contributed by atoms with Gasteiger partial charge in [-0.1, -0.05) is 0 Å². The van der Waals surface area contributed by atoms with Gasteiger partial charge in [-0.3, -0.25) is 5.41 Å². The number of hydrogen-bond acceptors (Lipinski definition) is 3. The number of ether oxygens (including phenoxy) is 1. The van der Waals surface area contributed by atoms with Crippen molar-refractivity contribution in [2.24, 2.45) is 0 Å². The minimum Gasteiger partial charge on any atom is -0.482 e. The first-order chi connectivity index (χ1) is 9.16. The second-order valence-electron chi connectivity index (χ2n) is 4.60. The number of carbonyl (C=O) groups is 1. The van der Waals surface area contributed by atoms with E-state index >= 15 is 0 Å². The number of aliphatic carboxylic acids is 1. The van der Waals surface area contributed by atoms with E-state index in [0.29, 0.717) is 11.6 Å². The highest BCUT2D eigenvalue weighted by Crippen LogP contribution is 2.16. The van der Waals surface area contributed by atoms with Crippen LogP contribution in [0.25, 0.3) is 0 Å². The lowest BCUT2D eigenvalue weighted by Gasteiger charge is -2.29. The van der Waals surface area contributed by atoms with E-state index in [1.807, 2.05) is 0 Å². The second-order valence-corrected chi connectivity index (χ2v) is 4.60. The number of nitrogens with zero attached hydrogens (tertiary/aromatic N) is 1. The summed E-state index contributed by atoms with van der Waals surface area (Å²) in [5, 5.41) is 16.7. The molecule has 2 rings (SSSR count). The van der Waals surface area contributed by atoms with Gasteiger partial charge in [-0.05, 0) is 43.5 Å². The molecule has 1 saturated heterocycles. The molecule has 0 aliphatic carbocycles. The minimum atomic E-state index is -0.995. The lowest BCUT2D eigenvalue weighted by molar-refractivity contribution is -0.139. The first-order valence-corrected chi connectivity index (χ1v) is 6.45. The largest absolute Gasteiger partial charge is 0.482 e. The first kappa shape index (κ1) is 13.4. The Bertz CT molecular complexity index is 450. The highest BCUT2D eigenvalue weighted by molar-refractivity contribution is 5.96. The summed E-state index contributed by atoms with van der Waals surface area (Å²) in [6.07, 6.45) is 3.52. The van der Waals surface area contributed by atoms with Crippen LogP contribution in [0.2, 0.25) is 0 Å². The minimum absolute atomic E-state index is 0.344. The fourth-order valence-electron chi connectivity index (χ4n) is 2.15. The normalized spacial score (nSPS) is 15.1. The van der Waals surface area contributed by atoms with Gasteiger partial charge in [0.25, 0.3) is 0 Å². The SMILES string of the molecule is N=C(c1ccc(OCC(=O)O)cc1)N1CCCCC1. The average Bonchev–Trinajstić information content (AvgIpc) is 2.46. The van der Waals surface area contributed by atoms with Gasteiger partial charge in [-0.2, -0.15) is 0 Å². The van der Waals surface area contributed by atoms with Crippen LogP contribution in [0.5, 0.6) is 5.75 Å². The summed E-state index contributed by atoms with van der Waals surface area (Å²) in [7, 11) is 0. The van der Waals surface area contributed by atoms with Crippen molar-refractivity contribution in [1.29, 1.82) is 5.41 Å². The molecule has 1 aliphatic rings. The summed E-state index contributed by atoms with van der Waals surface area (Å²) in [5.41, 5.74) is 0.838. The number of benzene rings is 1. The van der Waals surface area contributed by atoms with E-state index in [2.05, 4.69) is 4.90 Å². The van der Waals surface area contributed by atoms with Crippen molar-refractivity contribution < 1.29 is 14.6 Å². The van der Waals surface area contributed by atoms with Gasteiger partial charge in [0.15, 0.2) is 6.61 Å². The number of amidine groups is 1. The zero-order chi connectivity index (χ0) is 13.7. The Morgan fingerprint density at radius 1 is 1.21 bits per heavy atom. The standard InChI is InChI=1S/C14H18N2O3/c15-14(16-8-2-1-3-9-16)11-4-6-12(7-5-11)19-10-13(17)18/h4-7,15H,1-3,8-10H2,(H,17,18). The smallest absolute Gasteiger partial charge is 0.341 e. The Kier molecular flexibility index (Phi) is 4.39. The highest BCUT2D eigenvalue weighted by atomic mass is 16.5. The molecule has 19 heavy (non-hydrogen) atoms. The monoisotopic (exact) mass is 262 g/mol. The van der Waals surface area contributed by atoms with Gasteiger partial charge in [0, 0.05) is 18.7 Å². The molecule has 2 N–H and O–H groups in total. The molecule has 5 nitrogen and oxygen atoms in total. The number of carboxylic acid groups (broad SMARTS) is 1. The average molecular weight is 262 g/mol. The van der Waals surface area contributed by atoms with Crippen LogP contribution in [0, 0.1) is 5.41 Å². The van der Waals surface area contributed by atoms with Gasteiger partial charge in [0.1, 0.15) is 11.6 Å². The molecule has 102 valence electrons. The van der Waals surface area contributed by atoms with E-state index in [9.17, 15) is 4.79 Å². The molecular weight excluding hydrogens is 244 g/mol. The molecular formula is C14H18N2O3. The maximum Gasteiger partial charge on any atom is 0.341 e. The van der Waals surface area contributed by atoms with Gasteiger partial charge in [0.05, 0.1) is 0 Å². The van der Waals surface area contributed by atoms with E-state index in [1.165, 1.54) is 6.42 Å². The molecule has 1 aromatic rings. The summed E-state index contributed by atoms with van der Waals surface area (Å²) in [4.78, 5) is 12.5. The Balaban J connectivity index is 1.97. The molecule has 0 amide bonds. The molecule has 1 aliphatic heterocycles. The summed E-state index contributed by atoms with van der Waals surface area (Å²) < 4.78 is 5.06. The van der Waals surface area contributed by atoms with Crippen LogP contribution in [0.4, 0.5) is 0 Å². The van der Waals surface area contributed by atoms with E-state index in [4.69, 9.17) is 15.3 Å². The molecule has 0 aromatic heterocycles. The number of carboxylic acids is 1. The van der Waals surface area contributed by atoms with Crippen molar-refractivity contribution in [3.05, 3.63) is 29.8 Å². The maximum atomic E-state index is 10.4. The number of piperidine rings is 1. The molecule has 0 bridgehead atoms. The van der Waals surface area contributed by atoms with Crippen LogP contribution < -0.4 is 4.74 Å². The van der Waals surface area contributed by atoms with Crippen LogP contribution in [0.1, 0.15) is 24.8 Å². The van der Waals surface area contributed by atoms with Crippen molar-refractivity contribution in [2.75, 3.05) is 19.7 Å². The van der Waals surface area contributed by atoms with Crippen molar-refractivity contribution in [1.82, 2.24) is 4.90 Å². The van der Waals surface area contributed by atoms with E-state index in [-0.39, 0.29) is 6.61 Å². The fourth-order valence-corrected chi connectivity index (χ4v) is 2.15. The van der Waals surface area contributed by atoms with E-state index in [0.717, 1.165) is 31.5 Å². The van der Waals surface area contributed by atoms with Crippen molar-refractivity contribution in [2.45, 2.75) is 19.3 Å². The summed E-state index contributed by atoms with van der Waals surface area (Å²) in [5.74, 6) is 0.0483. The van der Waals surface area contributed by atoms with Gasteiger partial charge in [0.2, 0.25) is 0 Å². The van der Waals surface area contributed by atoms with E-state index < -0.39 is 5.97 Å². The number of nitrogens with one attached hydrogen (secondary N) is 1. The molecule has 5 heteroatoms. The lowest BCUT2D eigenvalue weighted by Crippen LogP contribution is -2.35. The first-order valence-electron chi connectivity index (χ1n) is 6.45. The number of hydrogen-bond donors (Lipinski definition) is 2. The Morgan fingerprint density at radius 2 is 1.84 bits per heavy atom. The molecule has 0 atom stereocenters. The third-order valence-corrected chi connectivity index (χ3v) is 3.16. The highest BCUT2D eigenvalue weighted by Gasteiger charge is 2.14. The molecule has 1 heterocycles. The van der Waals surface area contributed by atoms with Crippen molar-refractivity contribution in [3.8, 4) is 5.75 Å². The van der Waals surface area contributed by atoms with Crippen LogP contribution in [0.15, 0.2) is 24.3 Å². The van der Waals surface area contributed by atoms with Gasteiger partial charge >= 0.3 is 5.97 Å². The third kappa shape index (κ3) is 3.71.